The fourth-order valence-electron chi connectivity index (χ4n) is 3.41. The minimum Gasteiger partial charge on any atom is -0.338 e. The first-order valence-electron chi connectivity index (χ1n) is 8.25. The summed E-state index contributed by atoms with van der Waals surface area (Å²) >= 11 is 0. The molecule has 4 heterocycles. The van der Waals surface area contributed by atoms with Crippen LogP contribution in [0.3, 0.4) is 0 Å². The molecule has 3 aromatic heterocycles. The zero-order valence-electron chi connectivity index (χ0n) is 12.8. The van der Waals surface area contributed by atoms with E-state index in [1.165, 1.54) is 12.8 Å². The average molecular weight is 310 g/mol. The molecule has 1 aliphatic carbocycles. The Labute approximate surface area is 133 Å². The number of rotatable bonds is 4. The lowest BCUT2D eigenvalue weighted by Crippen LogP contribution is -2.24. The summed E-state index contributed by atoms with van der Waals surface area (Å²) in [6.07, 6.45) is 6.64. The standard InChI is InChI=1S/C16H18N6O/c1-2-9-22-13(5-1)18-19-16(22)12-4-3-8-21(12)10-14-17-15(20-23-14)11-6-7-11/h1-2,5,9,11-12H,3-4,6-8,10H2/t12-/m0/s1. The molecular formula is C16H18N6O. The number of aromatic nitrogens is 5. The van der Waals surface area contributed by atoms with Crippen LogP contribution in [0.4, 0.5) is 0 Å². The summed E-state index contributed by atoms with van der Waals surface area (Å²) in [5, 5.41) is 12.8. The van der Waals surface area contributed by atoms with Gasteiger partial charge in [0, 0.05) is 12.1 Å². The molecule has 23 heavy (non-hydrogen) atoms. The van der Waals surface area contributed by atoms with E-state index in [0.29, 0.717) is 18.4 Å². The van der Waals surface area contributed by atoms with Crippen molar-refractivity contribution in [3.05, 3.63) is 41.9 Å². The third-order valence-corrected chi connectivity index (χ3v) is 4.77. The predicted octanol–water partition coefficient (Wildman–Crippen LogP) is 2.33. The number of hydrogen-bond acceptors (Lipinski definition) is 6. The molecule has 0 radical (unpaired) electrons. The van der Waals surface area contributed by atoms with Crippen molar-refractivity contribution in [2.45, 2.75) is 44.2 Å². The van der Waals surface area contributed by atoms with Gasteiger partial charge in [-0.3, -0.25) is 9.30 Å². The minimum absolute atomic E-state index is 0.253. The highest BCUT2D eigenvalue weighted by Gasteiger charge is 2.32. The van der Waals surface area contributed by atoms with E-state index >= 15 is 0 Å². The second-order valence-electron chi connectivity index (χ2n) is 6.44. The Morgan fingerprint density at radius 2 is 2.13 bits per heavy atom. The largest absolute Gasteiger partial charge is 0.338 e. The van der Waals surface area contributed by atoms with Crippen LogP contribution in [0.15, 0.2) is 28.9 Å². The molecule has 7 nitrogen and oxygen atoms in total. The molecule has 1 aliphatic heterocycles. The molecule has 0 spiro atoms. The maximum atomic E-state index is 5.44. The zero-order valence-corrected chi connectivity index (χ0v) is 12.8. The summed E-state index contributed by atoms with van der Waals surface area (Å²) in [7, 11) is 0. The second-order valence-corrected chi connectivity index (χ2v) is 6.44. The van der Waals surface area contributed by atoms with Crippen LogP contribution < -0.4 is 0 Å². The van der Waals surface area contributed by atoms with Gasteiger partial charge >= 0.3 is 0 Å². The molecule has 0 N–H and O–H groups in total. The van der Waals surface area contributed by atoms with Gasteiger partial charge in [-0.1, -0.05) is 11.2 Å². The summed E-state index contributed by atoms with van der Waals surface area (Å²) in [5.41, 5.74) is 0.892. The average Bonchev–Trinajstić information content (AvgIpc) is 2.99. The first-order valence-corrected chi connectivity index (χ1v) is 8.25. The number of nitrogens with zero attached hydrogens (tertiary/aromatic N) is 6. The van der Waals surface area contributed by atoms with Crippen LogP contribution in [0.1, 0.15) is 55.2 Å². The maximum absolute atomic E-state index is 5.44. The lowest BCUT2D eigenvalue weighted by molar-refractivity contribution is 0.205. The maximum Gasteiger partial charge on any atom is 0.240 e. The van der Waals surface area contributed by atoms with Gasteiger partial charge in [-0.05, 0) is 44.4 Å². The monoisotopic (exact) mass is 310 g/mol. The Morgan fingerprint density at radius 3 is 3.04 bits per heavy atom. The van der Waals surface area contributed by atoms with Crippen molar-refractivity contribution in [1.82, 2.24) is 29.6 Å². The van der Waals surface area contributed by atoms with Gasteiger partial charge in [0.1, 0.15) is 0 Å². The van der Waals surface area contributed by atoms with Crippen LogP contribution in [0.5, 0.6) is 0 Å². The normalized spacial score (nSPS) is 22.2. The highest BCUT2D eigenvalue weighted by molar-refractivity contribution is 5.37. The molecular weight excluding hydrogens is 292 g/mol. The molecule has 118 valence electrons. The summed E-state index contributed by atoms with van der Waals surface area (Å²) in [6.45, 7) is 1.71. The summed E-state index contributed by atoms with van der Waals surface area (Å²) in [4.78, 5) is 6.92. The first-order chi connectivity index (χ1) is 11.4. The number of pyridine rings is 1. The van der Waals surface area contributed by atoms with Crippen LogP contribution in [0.25, 0.3) is 5.65 Å². The lowest BCUT2D eigenvalue weighted by atomic mass is 10.2. The Kier molecular flexibility index (Phi) is 2.94. The van der Waals surface area contributed by atoms with E-state index in [9.17, 15) is 0 Å². The van der Waals surface area contributed by atoms with Crippen molar-refractivity contribution in [2.75, 3.05) is 6.54 Å². The molecule has 0 amide bonds. The molecule has 7 heteroatoms. The molecule has 1 saturated carbocycles. The van der Waals surface area contributed by atoms with Crippen LogP contribution in [0, 0.1) is 0 Å². The summed E-state index contributed by atoms with van der Waals surface area (Å²) in [6, 6.07) is 6.23. The van der Waals surface area contributed by atoms with Gasteiger partial charge in [0.2, 0.25) is 5.89 Å². The highest BCUT2D eigenvalue weighted by Crippen LogP contribution is 2.38. The van der Waals surface area contributed by atoms with E-state index in [1.807, 2.05) is 24.4 Å². The summed E-state index contributed by atoms with van der Waals surface area (Å²) < 4.78 is 7.51. The molecule has 2 aliphatic rings. The fourth-order valence-corrected chi connectivity index (χ4v) is 3.41. The number of fused-ring (bicyclic) bond motifs is 1. The Balaban J connectivity index is 1.41. The SMILES string of the molecule is c1ccn2c([C@@H]3CCCN3Cc3nc(C4CC4)no3)nnc2c1. The fraction of sp³-hybridized carbons (Fsp3) is 0.500. The van der Waals surface area contributed by atoms with E-state index in [4.69, 9.17) is 4.52 Å². The molecule has 1 saturated heterocycles. The van der Waals surface area contributed by atoms with Gasteiger partial charge in [0.25, 0.3) is 0 Å². The van der Waals surface area contributed by atoms with Gasteiger partial charge in [-0.2, -0.15) is 4.98 Å². The van der Waals surface area contributed by atoms with Crippen LogP contribution >= 0.6 is 0 Å². The van der Waals surface area contributed by atoms with E-state index in [-0.39, 0.29) is 6.04 Å². The van der Waals surface area contributed by atoms with Crippen molar-refractivity contribution in [3.8, 4) is 0 Å². The molecule has 2 fully saturated rings. The van der Waals surface area contributed by atoms with Gasteiger partial charge in [0.15, 0.2) is 17.3 Å². The molecule has 0 aromatic carbocycles. The topological polar surface area (TPSA) is 72.3 Å². The van der Waals surface area contributed by atoms with Gasteiger partial charge in [-0.15, -0.1) is 10.2 Å². The van der Waals surface area contributed by atoms with E-state index in [0.717, 1.165) is 36.7 Å². The van der Waals surface area contributed by atoms with Gasteiger partial charge in [-0.25, -0.2) is 0 Å². The Bertz CT molecular complexity index is 836. The molecule has 0 bridgehead atoms. The quantitative estimate of drug-likeness (QED) is 0.736. The predicted molar refractivity (Wildman–Crippen MR) is 81.6 cm³/mol. The first kappa shape index (κ1) is 13.2. The number of hydrogen-bond donors (Lipinski definition) is 0. The van der Waals surface area contributed by atoms with Crippen molar-refractivity contribution in [2.24, 2.45) is 0 Å². The second kappa shape index (κ2) is 5.13. The third kappa shape index (κ3) is 2.31. The van der Waals surface area contributed by atoms with Gasteiger partial charge in [0.05, 0.1) is 12.6 Å². The molecule has 0 unspecified atom stereocenters. The number of likely N-dealkylation sites (tertiary alicyclic amines) is 1. The van der Waals surface area contributed by atoms with Crippen molar-refractivity contribution in [3.63, 3.8) is 0 Å². The Morgan fingerprint density at radius 1 is 1.17 bits per heavy atom. The smallest absolute Gasteiger partial charge is 0.240 e. The van der Waals surface area contributed by atoms with E-state index < -0.39 is 0 Å². The molecule has 5 rings (SSSR count). The third-order valence-electron chi connectivity index (χ3n) is 4.77. The van der Waals surface area contributed by atoms with Crippen LogP contribution in [-0.2, 0) is 6.54 Å². The van der Waals surface area contributed by atoms with Crippen LogP contribution in [-0.4, -0.2) is 36.2 Å². The van der Waals surface area contributed by atoms with Gasteiger partial charge < -0.3 is 4.52 Å². The van der Waals surface area contributed by atoms with E-state index in [2.05, 4.69) is 29.6 Å². The zero-order chi connectivity index (χ0) is 15.2. The van der Waals surface area contributed by atoms with Crippen molar-refractivity contribution >= 4 is 5.65 Å². The van der Waals surface area contributed by atoms with Crippen LogP contribution in [0.2, 0.25) is 0 Å². The molecule has 1 atom stereocenters. The Hall–Kier alpha value is -2.28. The summed E-state index contributed by atoms with van der Waals surface area (Å²) in [5.74, 6) is 3.12. The van der Waals surface area contributed by atoms with E-state index in [1.54, 1.807) is 0 Å². The van der Waals surface area contributed by atoms with Crippen molar-refractivity contribution < 1.29 is 4.52 Å². The molecule has 3 aromatic rings. The van der Waals surface area contributed by atoms with Crippen molar-refractivity contribution in [1.29, 1.82) is 0 Å². The highest BCUT2D eigenvalue weighted by atomic mass is 16.5. The lowest BCUT2D eigenvalue weighted by Gasteiger charge is -2.21. The minimum atomic E-state index is 0.253.